The fourth-order valence-electron chi connectivity index (χ4n) is 1.30. The standard InChI is InChI=1S/C11H14F3NO3S/c1-2-18-8-7-15-9-3-5-10(6-4-9)19(16,17)11(12,13)14/h3-6,15H,2,7-8H2,1H3. The molecule has 0 fully saturated rings. The van der Waals surface area contributed by atoms with Crippen molar-refractivity contribution in [2.75, 3.05) is 25.1 Å². The van der Waals surface area contributed by atoms with Crippen LogP contribution in [0.1, 0.15) is 6.92 Å². The highest BCUT2D eigenvalue weighted by Gasteiger charge is 2.46. The van der Waals surface area contributed by atoms with E-state index in [2.05, 4.69) is 5.32 Å². The van der Waals surface area contributed by atoms with Crippen LogP contribution >= 0.6 is 0 Å². The number of benzene rings is 1. The van der Waals surface area contributed by atoms with Crippen molar-refractivity contribution < 1.29 is 26.3 Å². The molecule has 1 aromatic rings. The van der Waals surface area contributed by atoms with Gasteiger partial charge < -0.3 is 10.1 Å². The molecule has 0 aliphatic carbocycles. The summed E-state index contributed by atoms with van der Waals surface area (Å²) in [5, 5.41) is 2.90. The molecule has 0 heterocycles. The van der Waals surface area contributed by atoms with E-state index in [1.165, 1.54) is 12.1 Å². The highest BCUT2D eigenvalue weighted by molar-refractivity contribution is 7.92. The Kier molecular flexibility index (Phi) is 5.19. The zero-order valence-corrected chi connectivity index (χ0v) is 11.0. The van der Waals surface area contributed by atoms with Gasteiger partial charge >= 0.3 is 5.51 Å². The Labute approximate surface area is 109 Å². The molecular formula is C11H14F3NO3S. The molecule has 1 aromatic carbocycles. The number of hydrogen-bond donors (Lipinski definition) is 1. The summed E-state index contributed by atoms with van der Waals surface area (Å²) in [6.07, 6.45) is 0. The van der Waals surface area contributed by atoms with Crippen LogP contribution in [-0.2, 0) is 14.6 Å². The van der Waals surface area contributed by atoms with Gasteiger partial charge in [-0.1, -0.05) is 0 Å². The molecule has 0 saturated heterocycles. The minimum atomic E-state index is -5.28. The van der Waals surface area contributed by atoms with Gasteiger partial charge in [0.05, 0.1) is 11.5 Å². The lowest BCUT2D eigenvalue weighted by Crippen LogP contribution is -2.23. The molecule has 0 aliphatic rings. The number of alkyl halides is 3. The first-order valence-corrected chi connectivity index (χ1v) is 7.00. The molecule has 0 amide bonds. The van der Waals surface area contributed by atoms with E-state index in [1.807, 2.05) is 6.92 Å². The van der Waals surface area contributed by atoms with Crippen LogP contribution in [-0.4, -0.2) is 33.7 Å². The normalized spacial score (nSPS) is 12.4. The Balaban J connectivity index is 2.72. The molecule has 0 atom stereocenters. The van der Waals surface area contributed by atoms with Crippen LogP contribution in [0.2, 0.25) is 0 Å². The van der Waals surface area contributed by atoms with Gasteiger partial charge in [0.2, 0.25) is 0 Å². The first-order valence-electron chi connectivity index (χ1n) is 5.52. The minimum absolute atomic E-state index is 0.457. The largest absolute Gasteiger partial charge is 0.501 e. The monoisotopic (exact) mass is 297 g/mol. The van der Waals surface area contributed by atoms with E-state index in [-0.39, 0.29) is 0 Å². The Morgan fingerprint density at radius 2 is 1.79 bits per heavy atom. The van der Waals surface area contributed by atoms with E-state index >= 15 is 0 Å². The maximum Gasteiger partial charge on any atom is 0.501 e. The number of anilines is 1. The quantitative estimate of drug-likeness (QED) is 0.819. The van der Waals surface area contributed by atoms with Gasteiger partial charge in [0, 0.05) is 18.8 Å². The van der Waals surface area contributed by atoms with Crippen LogP contribution in [0.15, 0.2) is 29.2 Å². The van der Waals surface area contributed by atoms with Gasteiger partial charge in [-0.2, -0.15) is 13.2 Å². The average molecular weight is 297 g/mol. The van der Waals surface area contributed by atoms with Crippen molar-refractivity contribution in [2.45, 2.75) is 17.3 Å². The number of halogens is 3. The zero-order valence-electron chi connectivity index (χ0n) is 10.2. The molecule has 1 N–H and O–H groups in total. The summed E-state index contributed by atoms with van der Waals surface area (Å²) in [5.74, 6) is 0. The third-order valence-electron chi connectivity index (χ3n) is 2.25. The highest BCUT2D eigenvalue weighted by Crippen LogP contribution is 2.30. The van der Waals surface area contributed by atoms with Gasteiger partial charge in [-0.15, -0.1) is 0 Å². The number of hydrogen-bond acceptors (Lipinski definition) is 4. The summed E-state index contributed by atoms with van der Waals surface area (Å²) in [4.78, 5) is -0.768. The molecule has 19 heavy (non-hydrogen) atoms. The van der Waals surface area contributed by atoms with Gasteiger partial charge in [0.1, 0.15) is 0 Å². The predicted octanol–water partition coefficient (Wildman–Crippen LogP) is 2.43. The summed E-state index contributed by atoms with van der Waals surface area (Å²) >= 11 is 0. The van der Waals surface area contributed by atoms with Crippen LogP contribution in [0.5, 0.6) is 0 Å². The highest BCUT2D eigenvalue weighted by atomic mass is 32.2. The summed E-state index contributed by atoms with van der Waals surface area (Å²) in [5.41, 5.74) is -4.75. The molecule has 0 bridgehead atoms. The minimum Gasteiger partial charge on any atom is -0.383 e. The van der Waals surface area contributed by atoms with E-state index in [4.69, 9.17) is 4.74 Å². The van der Waals surface area contributed by atoms with Crippen molar-refractivity contribution in [3.05, 3.63) is 24.3 Å². The zero-order chi connectivity index (χ0) is 14.5. The molecule has 0 radical (unpaired) electrons. The van der Waals surface area contributed by atoms with Gasteiger partial charge in [0.15, 0.2) is 0 Å². The van der Waals surface area contributed by atoms with Gasteiger partial charge in [-0.25, -0.2) is 8.42 Å². The second kappa shape index (κ2) is 6.25. The smallest absolute Gasteiger partial charge is 0.383 e. The molecule has 0 aromatic heterocycles. The summed E-state index contributed by atoms with van der Waals surface area (Å²) < 4.78 is 64.1. The van der Waals surface area contributed by atoms with Crippen molar-refractivity contribution in [3.8, 4) is 0 Å². The Morgan fingerprint density at radius 3 is 2.26 bits per heavy atom. The number of nitrogens with one attached hydrogen (secondary N) is 1. The van der Waals surface area contributed by atoms with E-state index in [0.29, 0.717) is 25.4 Å². The van der Waals surface area contributed by atoms with E-state index in [0.717, 1.165) is 12.1 Å². The molecule has 0 saturated carbocycles. The van der Waals surface area contributed by atoms with Gasteiger partial charge in [0.25, 0.3) is 9.84 Å². The average Bonchev–Trinajstić information content (AvgIpc) is 2.34. The van der Waals surface area contributed by atoms with Crippen molar-refractivity contribution >= 4 is 15.5 Å². The molecule has 8 heteroatoms. The van der Waals surface area contributed by atoms with E-state index < -0.39 is 20.2 Å². The van der Waals surface area contributed by atoms with Gasteiger partial charge in [-0.05, 0) is 31.2 Å². The lowest BCUT2D eigenvalue weighted by Gasteiger charge is -2.10. The maximum atomic E-state index is 12.3. The molecule has 0 unspecified atom stereocenters. The molecule has 0 aliphatic heterocycles. The SMILES string of the molecule is CCOCCNc1ccc(S(=O)(=O)C(F)(F)F)cc1. The van der Waals surface area contributed by atoms with Crippen molar-refractivity contribution in [1.82, 2.24) is 0 Å². The Bertz CT molecular complexity index is 497. The summed E-state index contributed by atoms with van der Waals surface area (Å²) in [7, 11) is -5.27. The van der Waals surface area contributed by atoms with Crippen LogP contribution in [0.3, 0.4) is 0 Å². The summed E-state index contributed by atoms with van der Waals surface area (Å²) in [6.45, 7) is 3.36. The van der Waals surface area contributed by atoms with Crippen LogP contribution < -0.4 is 5.32 Å². The lowest BCUT2D eigenvalue weighted by atomic mass is 10.3. The molecule has 0 spiro atoms. The van der Waals surface area contributed by atoms with Crippen LogP contribution in [0.25, 0.3) is 0 Å². The third kappa shape index (κ3) is 4.10. The van der Waals surface area contributed by atoms with Crippen molar-refractivity contribution in [3.63, 3.8) is 0 Å². The van der Waals surface area contributed by atoms with Crippen LogP contribution in [0, 0.1) is 0 Å². The van der Waals surface area contributed by atoms with Crippen molar-refractivity contribution in [1.29, 1.82) is 0 Å². The second-order valence-electron chi connectivity index (χ2n) is 3.60. The van der Waals surface area contributed by atoms with E-state index in [9.17, 15) is 21.6 Å². The number of sulfone groups is 1. The second-order valence-corrected chi connectivity index (χ2v) is 5.54. The maximum absolute atomic E-state index is 12.3. The molecule has 4 nitrogen and oxygen atoms in total. The predicted molar refractivity (Wildman–Crippen MR) is 64.7 cm³/mol. The Hall–Kier alpha value is -1.28. The third-order valence-corrected chi connectivity index (χ3v) is 3.75. The fraction of sp³-hybridized carbons (Fsp3) is 0.455. The lowest BCUT2D eigenvalue weighted by molar-refractivity contribution is -0.0436. The van der Waals surface area contributed by atoms with Crippen LogP contribution in [0.4, 0.5) is 18.9 Å². The molecule has 108 valence electrons. The number of ether oxygens (including phenoxy) is 1. The van der Waals surface area contributed by atoms with Crippen molar-refractivity contribution in [2.24, 2.45) is 0 Å². The topological polar surface area (TPSA) is 55.4 Å². The molecule has 1 rings (SSSR count). The summed E-state index contributed by atoms with van der Waals surface area (Å²) in [6, 6.07) is 4.41. The van der Waals surface area contributed by atoms with E-state index in [1.54, 1.807) is 0 Å². The first-order chi connectivity index (χ1) is 8.79. The fourth-order valence-corrected chi connectivity index (χ4v) is 2.06. The Morgan fingerprint density at radius 1 is 1.21 bits per heavy atom. The first kappa shape index (κ1) is 15.8. The number of rotatable bonds is 6. The molecular weight excluding hydrogens is 283 g/mol. The van der Waals surface area contributed by atoms with Gasteiger partial charge in [-0.3, -0.25) is 0 Å².